The first-order chi connectivity index (χ1) is 9.24. The lowest BCUT2D eigenvalue weighted by molar-refractivity contribution is -0.115. The number of amides is 1. The first-order valence-corrected chi connectivity index (χ1v) is 6.42. The molecule has 1 heterocycles. The van der Waals surface area contributed by atoms with Gasteiger partial charge in [-0.05, 0) is 30.2 Å². The molecule has 0 radical (unpaired) electrons. The molecule has 0 saturated carbocycles. The van der Waals surface area contributed by atoms with Gasteiger partial charge in [0.2, 0.25) is 5.91 Å². The number of hydrogen-bond donors (Lipinski definition) is 1. The Balaban J connectivity index is 1.94. The second-order valence-corrected chi connectivity index (χ2v) is 4.85. The lowest BCUT2D eigenvalue weighted by Crippen LogP contribution is -2.37. The first kappa shape index (κ1) is 11.8. The zero-order valence-electron chi connectivity index (χ0n) is 10.9. The van der Waals surface area contributed by atoms with Crippen LogP contribution in [0.25, 0.3) is 0 Å². The maximum Gasteiger partial charge on any atom is 0.243 e. The molecule has 0 saturated heterocycles. The van der Waals surface area contributed by atoms with Crippen LogP contribution < -0.4 is 10.2 Å². The lowest BCUT2D eigenvalue weighted by atomic mass is 10.1. The van der Waals surface area contributed by atoms with Gasteiger partial charge in [0.1, 0.15) is 0 Å². The minimum absolute atomic E-state index is 0.0484. The fourth-order valence-corrected chi connectivity index (χ4v) is 2.44. The zero-order valence-corrected chi connectivity index (χ0v) is 10.9. The van der Waals surface area contributed by atoms with Crippen LogP contribution in [0.3, 0.4) is 0 Å². The van der Waals surface area contributed by atoms with Crippen molar-refractivity contribution in [3.8, 4) is 0 Å². The minimum Gasteiger partial charge on any atom is -0.356 e. The second kappa shape index (κ2) is 4.76. The van der Waals surface area contributed by atoms with E-state index in [9.17, 15) is 4.79 Å². The van der Waals surface area contributed by atoms with E-state index in [4.69, 9.17) is 0 Å². The summed E-state index contributed by atoms with van der Waals surface area (Å²) in [4.78, 5) is 13.9. The highest BCUT2D eigenvalue weighted by Gasteiger charge is 2.21. The van der Waals surface area contributed by atoms with Crippen molar-refractivity contribution in [2.75, 3.05) is 16.8 Å². The van der Waals surface area contributed by atoms with Crippen molar-refractivity contribution in [3.05, 3.63) is 59.7 Å². The summed E-state index contributed by atoms with van der Waals surface area (Å²) in [5.41, 5.74) is 4.50. The number of carbonyl (C=O) groups excluding carboxylic acids is 1. The van der Waals surface area contributed by atoms with Crippen molar-refractivity contribution in [3.63, 3.8) is 0 Å². The molecule has 3 heteroatoms. The molecule has 2 aromatic rings. The second-order valence-electron chi connectivity index (χ2n) is 4.85. The van der Waals surface area contributed by atoms with Crippen molar-refractivity contribution < 1.29 is 4.79 Å². The van der Waals surface area contributed by atoms with E-state index in [1.54, 1.807) is 0 Å². The Hall–Kier alpha value is -2.29. The highest BCUT2D eigenvalue weighted by molar-refractivity contribution is 6.01. The molecule has 96 valence electrons. The Morgan fingerprint density at radius 2 is 1.84 bits per heavy atom. The number of benzene rings is 2. The van der Waals surface area contributed by atoms with Crippen LogP contribution >= 0.6 is 0 Å². The Bertz CT molecular complexity index is 622. The van der Waals surface area contributed by atoms with Crippen molar-refractivity contribution in [1.29, 1.82) is 0 Å². The van der Waals surface area contributed by atoms with E-state index in [0.717, 1.165) is 17.9 Å². The Kier molecular flexibility index (Phi) is 2.95. The minimum atomic E-state index is 0.0484. The maximum absolute atomic E-state index is 11.8. The van der Waals surface area contributed by atoms with Gasteiger partial charge in [-0.1, -0.05) is 36.4 Å². The van der Waals surface area contributed by atoms with Crippen LogP contribution in [0.15, 0.2) is 48.5 Å². The average Bonchev–Trinajstić information content (AvgIpc) is 2.41. The molecule has 1 amide bonds. The third-order valence-corrected chi connectivity index (χ3v) is 3.48. The first-order valence-electron chi connectivity index (χ1n) is 6.42. The number of nitrogens with zero attached hydrogens (tertiary/aromatic N) is 1. The highest BCUT2D eigenvalue weighted by Crippen LogP contribution is 2.30. The van der Waals surface area contributed by atoms with Crippen LogP contribution in [0, 0.1) is 6.92 Å². The van der Waals surface area contributed by atoms with Gasteiger partial charge in [-0.15, -0.1) is 0 Å². The predicted molar refractivity (Wildman–Crippen MR) is 77.3 cm³/mol. The summed E-state index contributed by atoms with van der Waals surface area (Å²) < 4.78 is 0. The average molecular weight is 252 g/mol. The number of anilines is 2. The molecule has 0 spiro atoms. The maximum atomic E-state index is 11.8. The van der Waals surface area contributed by atoms with Crippen LogP contribution in [-0.4, -0.2) is 12.5 Å². The van der Waals surface area contributed by atoms with Crippen LogP contribution in [0.4, 0.5) is 11.4 Å². The summed E-state index contributed by atoms with van der Waals surface area (Å²) >= 11 is 0. The van der Waals surface area contributed by atoms with E-state index in [2.05, 4.69) is 29.3 Å². The van der Waals surface area contributed by atoms with E-state index in [-0.39, 0.29) is 5.91 Å². The molecule has 0 aliphatic carbocycles. The molecule has 1 N–H and O–H groups in total. The topological polar surface area (TPSA) is 32.3 Å². The molecule has 1 aliphatic heterocycles. The van der Waals surface area contributed by atoms with Gasteiger partial charge in [0, 0.05) is 6.54 Å². The van der Waals surface area contributed by atoms with E-state index in [0.29, 0.717) is 6.54 Å². The van der Waals surface area contributed by atoms with Crippen molar-refractivity contribution >= 4 is 17.3 Å². The SMILES string of the molecule is Cc1ccccc1CN1CC(=O)Nc2ccccc21. The summed E-state index contributed by atoms with van der Waals surface area (Å²) in [7, 11) is 0. The van der Waals surface area contributed by atoms with Crippen LogP contribution in [0.5, 0.6) is 0 Å². The monoisotopic (exact) mass is 252 g/mol. The summed E-state index contributed by atoms with van der Waals surface area (Å²) in [6.07, 6.45) is 0. The smallest absolute Gasteiger partial charge is 0.243 e. The highest BCUT2D eigenvalue weighted by atomic mass is 16.2. The number of hydrogen-bond acceptors (Lipinski definition) is 2. The standard InChI is InChI=1S/C16H16N2O/c1-12-6-2-3-7-13(12)10-18-11-16(19)17-14-8-4-5-9-15(14)18/h2-9H,10-11H2,1H3,(H,17,19). The third-order valence-electron chi connectivity index (χ3n) is 3.48. The summed E-state index contributed by atoms with van der Waals surface area (Å²) in [6, 6.07) is 16.2. The molecule has 19 heavy (non-hydrogen) atoms. The predicted octanol–water partition coefficient (Wildman–Crippen LogP) is 2.95. The van der Waals surface area contributed by atoms with Gasteiger partial charge in [0.25, 0.3) is 0 Å². The largest absolute Gasteiger partial charge is 0.356 e. The van der Waals surface area contributed by atoms with Crippen molar-refractivity contribution in [2.45, 2.75) is 13.5 Å². The van der Waals surface area contributed by atoms with Gasteiger partial charge < -0.3 is 10.2 Å². The molecule has 0 atom stereocenters. The lowest BCUT2D eigenvalue weighted by Gasteiger charge is -2.31. The molecule has 0 bridgehead atoms. The summed E-state index contributed by atoms with van der Waals surface area (Å²) in [5, 5.41) is 2.91. The fraction of sp³-hybridized carbons (Fsp3) is 0.188. The molecule has 0 aromatic heterocycles. The fourth-order valence-electron chi connectivity index (χ4n) is 2.44. The molecule has 2 aromatic carbocycles. The van der Waals surface area contributed by atoms with Gasteiger partial charge in [-0.25, -0.2) is 0 Å². The molecule has 3 rings (SSSR count). The number of para-hydroxylation sites is 2. The molecule has 0 unspecified atom stereocenters. The van der Waals surface area contributed by atoms with E-state index in [1.165, 1.54) is 11.1 Å². The number of aryl methyl sites for hydroxylation is 1. The van der Waals surface area contributed by atoms with Crippen molar-refractivity contribution in [2.24, 2.45) is 0 Å². The summed E-state index contributed by atoms with van der Waals surface area (Å²) in [5.74, 6) is 0.0484. The van der Waals surface area contributed by atoms with Crippen LogP contribution in [0.1, 0.15) is 11.1 Å². The number of fused-ring (bicyclic) bond motifs is 1. The molecule has 0 fully saturated rings. The van der Waals surface area contributed by atoms with Crippen LogP contribution in [0.2, 0.25) is 0 Å². The van der Waals surface area contributed by atoms with Crippen molar-refractivity contribution in [1.82, 2.24) is 0 Å². The Morgan fingerprint density at radius 1 is 1.11 bits per heavy atom. The summed E-state index contributed by atoms with van der Waals surface area (Å²) in [6.45, 7) is 3.27. The van der Waals surface area contributed by atoms with Gasteiger partial charge in [0.15, 0.2) is 0 Å². The van der Waals surface area contributed by atoms with Gasteiger partial charge >= 0.3 is 0 Å². The number of carbonyl (C=O) groups is 1. The van der Waals surface area contributed by atoms with Gasteiger partial charge in [0.05, 0.1) is 17.9 Å². The van der Waals surface area contributed by atoms with E-state index in [1.807, 2.05) is 36.4 Å². The zero-order chi connectivity index (χ0) is 13.2. The van der Waals surface area contributed by atoms with E-state index < -0.39 is 0 Å². The quantitative estimate of drug-likeness (QED) is 0.891. The third kappa shape index (κ3) is 2.32. The molecule has 1 aliphatic rings. The number of rotatable bonds is 2. The number of nitrogens with one attached hydrogen (secondary N) is 1. The van der Waals surface area contributed by atoms with Gasteiger partial charge in [-0.3, -0.25) is 4.79 Å². The Morgan fingerprint density at radius 3 is 2.68 bits per heavy atom. The molecule has 3 nitrogen and oxygen atoms in total. The van der Waals surface area contributed by atoms with Crippen LogP contribution in [-0.2, 0) is 11.3 Å². The molecular weight excluding hydrogens is 236 g/mol. The Labute approximate surface area is 112 Å². The molecular formula is C16H16N2O. The normalized spacial score (nSPS) is 13.9. The van der Waals surface area contributed by atoms with E-state index >= 15 is 0 Å². The van der Waals surface area contributed by atoms with Gasteiger partial charge in [-0.2, -0.15) is 0 Å².